The summed E-state index contributed by atoms with van der Waals surface area (Å²) in [5, 5.41) is 18.1. The van der Waals surface area contributed by atoms with Gasteiger partial charge in [-0.25, -0.2) is 0 Å². The van der Waals surface area contributed by atoms with Crippen molar-refractivity contribution in [1.82, 2.24) is 9.78 Å². The molecule has 27 heavy (non-hydrogen) atoms. The van der Waals surface area contributed by atoms with Crippen molar-refractivity contribution in [2.24, 2.45) is 0 Å². The van der Waals surface area contributed by atoms with Gasteiger partial charge in [0.1, 0.15) is 17.4 Å². The fourth-order valence-electron chi connectivity index (χ4n) is 3.03. The molecule has 0 saturated carbocycles. The third-order valence-electron chi connectivity index (χ3n) is 4.48. The molecule has 3 rings (SSSR count). The molecule has 1 unspecified atom stereocenters. The second-order valence-electron chi connectivity index (χ2n) is 6.33. The van der Waals surface area contributed by atoms with Crippen LogP contribution in [0.15, 0.2) is 54.6 Å². The fourth-order valence-corrected chi connectivity index (χ4v) is 3.03. The van der Waals surface area contributed by atoms with E-state index in [-0.39, 0.29) is 11.6 Å². The highest BCUT2D eigenvalue weighted by atomic mass is 16.6. The van der Waals surface area contributed by atoms with Gasteiger partial charge in [0.15, 0.2) is 0 Å². The first-order valence-corrected chi connectivity index (χ1v) is 8.55. The minimum atomic E-state index is -0.675. The zero-order valence-electron chi connectivity index (χ0n) is 15.3. The van der Waals surface area contributed by atoms with Crippen LogP contribution in [-0.2, 0) is 4.79 Å². The molecule has 7 nitrogen and oxygen atoms in total. The highest BCUT2D eigenvalue weighted by Crippen LogP contribution is 2.26. The van der Waals surface area contributed by atoms with Gasteiger partial charge in [0.2, 0.25) is 5.91 Å². The summed E-state index contributed by atoms with van der Waals surface area (Å²) < 4.78 is 1.39. The molecule has 3 aromatic rings. The molecular weight excluding hydrogens is 344 g/mol. The van der Waals surface area contributed by atoms with Gasteiger partial charge in [-0.1, -0.05) is 42.5 Å². The van der Waals surface area contributed by atoms with Gasteiger partial charge in [-0.2, -0.15) is 5.10 Å². The van der Waals surface area contributed by atoms with Crippen molar-refractivity contribution >= 4 is 17.3 Å². The summed E-state index contributed by atoms with van der Waals surface area (Å²) in [6.07, 6.45) is 0. The van der Waals surface area contributed by atoms with Crippen LogP contribution in [0.1, 0.15) is 24.4 Å². The van der Waals surface area contributed by atoms with E-state index in [0.29, 0.717) is 17.1 Å². The van der Waals surface area contributed by atoms with Crippen molar-refractivity contribution in [3.63, 3.8) is 0 Å². The van der Waals surface area contributed by atoms with Crippen LogP contribution >= 0.6 is 0 Å². The number of hydrogen-bond donors (Lipinski definition) is 1. The van der Waals surface area contributed by atoms with Gasteiger partial charge in [0, 0.05) is 5.69 Å². The Labute approximate surface area is 156 Å². The molecule has 0 bridgehead atoms. The molecule has 0 fully saturated rings. The van der Waals surface area contributed by atoms with Gasteiger partial charge in [-0.3, -0.25) is 19.6 Å². The number of nitro groups is 1. The molecule has 1 atom stereocenters. The smallest absolute Gasteiger partial charge is 0.312 e. The van der Waals surface area contributed by atoms with Crippen LogP contribution in [0.3, 0.4) is 0 Å². The predicted octanol–water partition coefficient (Wildman–Crippen LogP) is 4.27. The first-order valence-electron chi connectivity index (χ1n) is 8.55. The zero-order chi connectivity index (χ0) is 19.6. The Morgan fingerprint density at radius 1 is 1.07 bits per heavy atom. The van der Waals surface area contributed by atoms with E-state index in [0.717, 1.165) is 11.1 Å². The maximum absolute atomic E-state index is 12.6. The van der Waals surface area contributed by atoms with Gasteiger partial charge in [-0.15, -0.1) is 0 Å². The monoisotopic (exact) mass is 364 g/mol. The van der Waals surface area contributed by atoms with Crippen molar-refractivity contribution < 1.29 is 9.72 Å². The van der Waals surface area contributed by atoms with E-state index in [1.807, 2.05) is 54.6 Å². The number of nitrogens with zero attached hydrogens (tertiary/aromatic N) is 3. The lowest BCUT2D eigenvalue weighted by molar-refractivity contribution is -0.386. The molecule has 0 aliphatic carbocycles. The Kier molecular flexibility index (Phi) is 5.03. The number of aromatic nitrogens is 2. The summed E-state index contributed by atoms with van der Waals surface area (Å²) in [5.74, 6) is -0.289. The Morgan fingerprint density at radius 2 is 1.67 bits per heavy atom. The van der Waals surface area contributed by atoms with Crippen LogP contribution in [0.2, 0.25) is 0 Å². The van der Waals surface area contributed by atoms with Crippen molar-refractivity contribution in [1.29, 1.82) is 0 Å². The number of nitrogens with one attached hydrogen (secondary N) is 1. The van der Waals surface area contributed by atoms with Crippen molar-refractivity contribution in [3.8, 4) is 11.1 Å². The van der Waals surface area contributed by atoms with Crippen LogP contribution in [-0.4, -0.2) is 20.6 Å². The number of carbonyl (C=O) groups is 1. The molecule has 1 heterocycles. The minimum Gasteiger partial charge on any atom is -0.324 e. The van der Waals surface area contributed by atoms with Gasteiger partial charge < -0.3 is 5.32 Å². The molecule has 2 aromatic carbocycles. The Morgan fingerprint density at radius 3 is 2.22 bits per heavy atom. The van der Waals surface area contributed by atoms with E-state index in [9.17, 15) is 14.9 Å². The van der Waals surface area contributed by atoms with Crippen LogP contribution in [0.5, 0.6) is 0 Å². The quantitative estimate of drug-likeness (QED) is 0.540. The van der Waals surface area contributed by atoms with Gasteiger partial charge >= 0.3 is 5.69 Å². The normalized spacial score (nSPS) is 11.8. The van der Waals surface area contributed by atoms with E-state index in [4.69, 9.17) is 0 Å². The summed E-state index contributed by atoms with van der Waals surface area (Å²) in [6, 6.07) is 16.8. The average Bonchev–Trinajstić information content (AvgIpc) is 2.96. The number of amides is 1. The largest absolute Gasteiger partial charge is 0.324 e. The topological polar surface area (TPSA) is 90.1 Å². The summed E-state index contributed by atoms with van der Waals surface area (Å²) in [6.45, 7) is 4.82. The zero-order valence-corrected chi connectivity index (χ0v) is 15.3. The average molecular weight is 364 g/mol. The number of benzene rings is 2. The number of hydrogen-bond acceptors (Lipinski definition) is 4. The van der Waals surface area contributed by atoms with Crippen LogP contribution in [0.25, 0.3) is 11.1 Å². The van der Waals surface area contributed by atoms with Crippen molar-refractivity contribution in [3.05, 3.63) is 76.1 Å². The van der Waals surface area contributed by atoms with Gasteiger partial charge in [-0.05, 0) is 44.0 Å². The van der Waals surface area contributed by atoms with E-state index < -0.39 is 11.0 Å². The molecular formula is C20H20N4O3. The summed E-state index contributed by atoms with van der Waals surface area (Å²) >= 11 is 0. The second-order valence-corrected chi connectivity index (χ2v) is 6.33. The summed E-state index contributed by atoms with van der Waals surface area (Å²) in [4.78, 5) is 23.2. The Hall–Kier alpha value is -3.48. The Balaban J connectivity index is 1.75. The SMILES string of the molecule is Cc1nn(C(C)C(=O)Nc2ccc(-c3ccccc3)cc2)c(C)c1[N+](=O)[O-]. The molecule has 1 aromatic heterocycles. The standard InChI is InChI=1S/C20H20N4O3/c1-13-19(24(26)27)14(2)23(22-13)15(3)20(25)21-18-11-9-17(10-12-18)16-7-5-4-6-8-16/h4-12,15H,1-3H3,(H,21,25). The van der Waals surface area contributed by atoms with Crippen molar-refractivity contribution in [2.45, 2.75) is 26.8 Å². The van der Waals surface area contributed by atoms with E-state index in [2.05, 4.69) is 10.4 Å². The number of rotatable bonds is 5. The lowest BCUT2D eigenvalue weighted by Crippen LogP contribution is -2.25. The van der Waals surface area contributed by atoms with Crippen LogP contribution in [0, 0.1) is 24.0 Å². The number of carbonyl (C=O) groups excluding carboxylic acids is 1. The van der Waals surface area contributed by atoms with Gasteiger partial charge in [0.25, 0.3) is 0 Å². The lowest BCUT2D eigenvalue weighted by Gasteiger charge is -2.14. The highest BCUT2D eigenvalue weighted by molar-refractivity contribution is 5.93. The van der Waals surface area contributed by atoms with E-state index in [1.165, 1.54) is 4.68 Å². The number of aryl methyl sites for hydroxylation is 1. The number of anilines is 1. The molecule has 0 aliphatic rings. The molecule has 138 valence electrons. The van der Waals surface area contributed by atoms with Crippen LogP contribution < -0.4 is 5.32 Å². The maximum atomic E-state index is 12.6. The third-order valence-corrected chi connectivity index (χ3v) is 4.48. The summed E-state index contributed by atoms with van der Waals surface area (Å²) in [5.41, 5.74) is 3.41. The molecule has 0 spiro atoms. The van der Waals surface area contributed by atoms with Gasteiger partial charge in [0.05, 0.1) is 4.92 Å². The summed E-state index contributed by atoms with van der Waals surface area (Å²) in [7, 11) is 0. The lowest BCUT2D eigenvalue weighted by atomic mass is 10.1. The Bertz CT molecular complexity index is 978. The second kappa shape index (κ2) is 7.41. The minimum absolute atomic E-state index is 0.0538. The predicted molar refractivity (Wildman–Crippen MR) is 104 cm³/mol. The fraction of sp³-hybridized carbons (Fsp3) is 0.200. The third kappa shape index (κ3) is 3.72. The molecule has 0 aliphatic heterocycles. The molecule has 0 saturated heterocycles. The molecule has 1 amide bonds. The van der Waals surface area contributed by atoms with Crippen LogP contribution in [0.4, 0.5) is 11.4 Å². The highest BCUT2D eigenvalue weighted by Gasteiger charge is 2.27. The molecule has 0 radical (unpaired) electrons. The van der Waals surface area contributed by atoms with E-state index >= 15 is 0 Å². The first-order chi connectivity index (χ1) is 12.9. The molecule has 1 N–H and O–H groups in total. The first kappa shape index (κ1) is 18.3. The van der Waals surface area contributed by atoms with E-state index in [1.54, 1.807) is 20.8 Å². The van der Waals surface area contributed by atoms with Crippen molar-refractivity contribution in [2.75, 3.05) is 5.32 Å². The molecule has 7 heteroatoms. The maximum Gasteiger partial charge on any atom is 0.312 e.